The Labute approximate surface area is 224 Å². The van der Waals surface area contributed by atoms with Crippen molar-refractivity contribution in [2.75, 3.05) is 30.8 Å². The first-order valence-corrected chi connectivity index (χ1v) is 12.4. The maximum Gasteiger partial charge on any atom is 0.258 e. The topological polar surface area (TPSA) is 94.5 Å². The molecule has 2 amide bonds. The summed E-state index contributed by atoms with van der Waals surface area (Å²) in [5.74, 6) is -1.77. The molecule has 1 aliphatic rings. The first-order valence-electron chi connectivity index (χ1n) is 11.7. The van der Waals surface area contributed by atoms with Crippen molar-refractivity contribution < 1.29 is 18.7 Å². The fourth-order valence-electron chi connectivity index (χ4n) is 4.11. The second-order valence-electron chi connectivity index (χ2n) is 8.54. The van der Waals surface area contributed by atoms with Gasteiger partial charge in [-0.25, -0.2) is 4.39 Å². The third-order valence-corrected chi connectivity index (χ3v) is 6.50. The van der Waals surface area contributed by atoms with E-state index in [1.807, 2.05) is 4.90 Å². The Morgan fingerprint density at radius 2 is 1.57 bits per heavy atom. The molecule has 0 aromatic heterocycles. The number of benzene rings is 3. The number of methoxy groups -OCH3 is 1. The van der Waals surface area contributed by atoms with Crippen LogP contribution in [0.1, 0.15) is 45.5 Å². The number of hydrogen-bond donors (Lipinski definition) is 3. The summed E-state index contributed by atoms with van der Waals surface area (Å²) in [6.45, 7) is 1.50. The van der Waals surface area contributed by atoms with Crippen LogP contribution in [-0.4, -0.2) is 42.7 Å². The number of rotatable bonds is 6. The average Bonchev–Trinajstić information content (AvgIpc) is 2.90. The Morgan fingerprint density at radius 1 is 0.892 bits per heavy atom. The Hall–Kier alpha value is -3.62. The third kappa shape index (κ3) is 6.21. The van der Waals surface area contributed by atoms with Crippen LogP contribution in [0, 0.1) is 11.2 Å². The van der Waals surface area contributed by atoms with Gasteiger partial charge in [0.15, 0.2) is 0 Å². The highest BCUT2D eigenvalue weighted by atomic mass is 35.5. The lowest BCUT2D eigenvalue weighted by molar-refractivity contribution is 0.102. The average molecular weight is 543 g/mol. The van der Waals surface area contributed by atoms with E-state index in [2.05, 4.69) is 10.6 Å². The van der Waals surface area contributed by atoms with Crippen molar-refractivity contribution in [2.45, 2.75) is 19.3 Å². The van der Waals surface area contributed by atoms with Crippen LogP contribution in [0.25, 0.3) is 0 Å². The van der Waals surface area contributed by atoms with Gasteiger partial charge in [0.05, 0.1) is 23.9 Å². The molecule has 0 saturated carbocycles. The molecule has 3 N–H and O–H groups in total. The molecule has 4 rings (SSSR count). The van der Waals surface area contributed by atoms with Crippen molar-refractivity contribution in [1.29, 1.82) is 5.41 Å². The molecule has 0 radical (unpaired) electrons. The summed E-state index contributed by atoms with van der Waals surface area (Å²) in [5.41, 5.74) is 0.687. The smallest absolute Gasteiger partial charge is 0.258 e. The van der Waals surface area contributed by atoms with Gasteiger partial charge >= 0.3 is 0 Å². The van der Waals surface area contributed by atoms with Crippen molar-refractivity contribution in [3.63, 3.8) is 0 Å². The van der Waals surface area contributed by atoms with Gasteiger partial charge in [-0.3, -0.25) is 15.0 Å². The molecule has 1 aliphatic heterocycles. The van der Waals surface area contributed by atoms with Crippen molar-refractivity contribution in [2.24, 2.45) is 0 Å². The zero-order valence-electron chi connectivity index (χ0n) is 20.0. The molecule has 1 heterocycles. The standard InChI is InChI=1S/C27H25Cl2FN4O3/c1-37-23-15-18(29)14-21(27(36)32-19-8-6-17(28)7-9-19)24(23)33-26(35)20-10-5-16(13-22(20)30)25(31)34-11-3-2-4-12-34/h5-10,13-15,31H,2-4,11-12H2,1H3,(H,32,36)(H,33,35). The molecule has 10 heteroatoms. The van der Waals surface area contributed by atoms with Gasteiger partial charge in [0.1, 0.15) is 17.4 Å². The maximum absolute atomic E-state index is 15.0. The van der Waals surface area contributed by atoms with E-state index in [1.165, 1.54) is 31.4 Å². The third-order valence-electron chi connectivity index (χ3n) is 6.03. The molecule has 0 aliphatic carbocycles. The molecule has 37 heavy (non-hydrogen) atoms. The van der Waals surface area contributed by atoms with E-state index in [1.54, 1.807) is 30.3 Å². The van der Waals surface area contributed by atoms with Crippen molar-refractivity contribution in [3.05, 3.63) is 87.2 Å². The van der Waals surface area contributed by atoms with Gasteiger partial charge in [-0.05, 0) is 61.7 Å². The van der Waals surface area contributed by atoms with Gasteiger partial charge in [0.25, 0.3) is 11.8 Å². The summed E-state index contributed by atoms with van der Waals surface area (Å²) in [5, 5.41) is 14.4. The number of anilines is 2. The van der Waals surface area contributed by atoms with E-state index in [0.29, 0.717) is 16.3 Å². The van der Waals surface area contributed by atoms with Crippen LogP contribution < -0.4 is 15.4 Å². The summed E-state index contributed by atoms with van der Waals surface area (Å²) in [7, 11) is 1.36. The van der Waals surface area contributed by atoms with E-state index >= 15 is 4.39 Å². The van der Waals surface area contributed by atoms with Crippen LogP contribution in [0.4, 0.5) is 15.8 Å². The molecule has 192 valence electrons. The van der Waals surface area contributed by atoms with Gasteiger partial charge < -0.3 is 20.3 Å². The highest BCUT2D eigenvalue weighted by Crippen LogP contribution is 2.34. The number of likely N-dealkylation sites (tertiary alicyclic amines) is 1. The lowest BCUT2D eigenvalue weighted by Crippen LogP contribution is -2.35. The molecule has 0 unspecified atom stereocenters. The lowest BCUT2D eigenvalue weighted by atomic mass is 10.1. The Kier molecular flexibility index (Phi) is 8.31. The molecule has 3 aromatic carbocycles. The highest BCUT2D eigenvalue weighted by molar-refractivity contribution is 6.32. The number of ether oxygens (including phenoxy) is 1. The van der Waals surface area contributed by atoms with E-state index in [4.69, 9.17) is 33.3 Å². The number of hydrogen-bond acceptors (Lipinski definition) is 4. The van der Waals surface area contributed by atoms with Crippen molar-refractivity contribution in [3.8, 4) is 5.75 Å². The second-order valence-corrected chi connectivity index (χ2v) is 9.41. The summed E-state index contributed by atoms with van der Waals surface area (Å²) in [4.78, 5) is 28.1. The van der Waals surface area contributed by atoms with E-state index in [-0.39, 0.29) is 33.4 Å². The summed E-state index contributed by atoms with van der Waals surface area (Å²) in [6.07, 6.45) is 3.09. The lowest BCUT2D eigenvalue weighted by Gasteiger charge is -2.29. The Bertz CT molecular complexity index is 1340. The minimum Gasteiger partial charge on any atom is -0.494 e. The van der Waals surface area contributed by atoms with Crippen LogP contribution in [0.2, 0.25) is 10.0 Å². The number of amides is 2. The van der Waals surface area contributed by atoms with Gasteiger partial charge in [0, 0.05) is 40.5 Å². The van der Waals surface area contributed by atoms with Gasteiger partial charge in [-0.2, -0.15) is 0 Å². The fourth-order valence-corrected chi connectivity index (χ4v) is 4.44. The molecule has 3 aromatic rings. The molecule has 1 saturated heterocycles. The minimum atomic E-state index is -0.783. The first-order chi connectivity index (χ1) is 17.8. The van der Waals surface area contributed by atoms with Gasteiger partial charge in [-0.15, -0.1) is 0 Å². The van der Waals surface area contributed by atoms with Crippen LogP contribution in [0.5, 0.6) is 5.75 Å². The number of carbonyl (C=O) groups excluding carboxylic acids is 2. The van der Waals surface area contributed by atoms with Crippen LogP contribution in [0.3, 0.4) is 0 Å². The first kappa shape index (κ1) is 26.4. The normalized spacial score (nSPS) is 13.1. The Morgan fingerprint density at radius 3 is 2.22 bits per heavy atom. The monoisotopic (exact) mass is 542 g/mol. The van der Waals surface area contributed by atoms with Gasteiger partial charge in [-0.1, -0.05) is 29.3 Å². The fraction of sp³-hybridized carbons (Fsp3) is 0.222. The number of nitrogens with one attached hydrogen (secondary N) is 3. The molecule has 0 spiro atoms. The maximum atomic E-state index is 15.0. The van der Waals surface area contributed by atoms with E-state index in [9.17, 15) is 9.59 Å². The largest absolute Gasteiger partial charge is 0.494 e. The molecule has 1 fully saturated rings. The number of amidine groups is 1. The Balaban J connectivity index is 1.59. The number of halogens is 3. The quantitative estimate of drug-likeness (QED) is 0.246. The van der Waals surface area contributed by atoms with Crippen LogP contribution in [0.15, 0.2) is 54.6 Å². The van der Waals surface area contributed by atoms with Gasteiger partial charge in [0.2, 0.25) is 0 Å². The minimum absolute atomic E-state index is 0.0246. The predicted octanol–water partition coefficient (Wildman–Crippen LogP) is 6.46. The molecule has 0 bridgehead atoms. The molecular weight excluding hydrogens is 518 g/mol. The predicted molar refractivity (Wildman–Crippen MR) is 144 cm³/mol. The molecular formula is C27H25Cl2FN4O3. The SMILES string of the molecule is COc1cc(Cl)cc(C(=O)Nc2ccc(Cl)cc2)c1NC(=O)c1ccc(C(=N)N2CCCCC2)cc1F. The summed E-state index contributed by atoms with van der Waals surface area (Å²) < 4.78 is 20.4. The number of carbonyl (C=O) groups is 2. The van der Waals surface area contributed by atoms with E-state index < -0.39 is 17.6 Å². The second kappa shape index (κ2) is 11.6. The zero-order valence-corrected chi connectivity index (χ0v) is 21.5. The van der Waals surface area contributed by atoms with Crippen molar-refractivity contribution in [1.82, 2.24) is 4.90 Å². The van der Waals surface area contributed by atoms with Crippen LogP contribution >= 0.6 is 23.2 Å². The number of piperidine rings is 1. The molecule has 0 atom stereocenters. The van der Waals surface area contributed by atoms with Crippen LogP contribution in [-0.2, 0) is 0 Å². The summed E-state index contributed by atoms with van der Waals surface area (Å²) >= 11 is 12.1. The zero-order chi connectivity index (χ0) is 26.5. The van der Waals surface area contributed by atoms with Crippen molar-refractivity contribution >= 4 is 52.2 Å². The molecule has 7 nitrogen and oxygen atoms in total. The summed E-state index contributed by atoms with van der Waals surface area (Å²) in [6, 6.07) is 13.4. The number of nitrogens with zero attached hydrogens (tertiary/aromatic N) is 1. The highest BCUT2D eigenvalue weighted by Gasteiger charge is 2.23. The van der Waals surface area contributed by atoms with E-state index in [0.717, 1.165) is 32.4 Å².